The second-order valence-electron chi connectivity index (χ2n) is 1.14. The maximum atomic E-state index is 9.78. The first kappa shape index (κ1) is 14.1. The largest absolute Gasteiger partial charge is 0.694 e. The number of hydrogen-bond donors (Lipinski definition) is 2. The predicted octanol–water partition coefficient (Wildman–Crippen LogP) is 0.316. The van der Waals surface area contributed by atoms with Gasteiger partial charge in [-0.15, -0.1) is 18.8 Å². The fourth-order valence-electron chi connectivity index (χ4n) is 0.231. The van der Waals surface area contributed by atoms with Gasteiger partial charge in [-0.2, -0.15) is 0 Å². The van der Waals surface area contributed by atoms with Crippen molar-refractivity contribution in [1.82, 2.24) is 0 Å². The first-order valence-corrected chi connectivity index (χ1v) is 4.47. The van der Waals surface area contributed by atoms with Gasteiger partial charge in [0, 0.05) is 25.6 Å². The molecule has 0 radical (unpaired) electrons. The van der Waals surface area contributed by atoms with Gasteiger partial charge in [0.05, 0.1) is 0 Å². The fourth-order valence-corrected chi connectivity index (χ4v) is 0.692. The summed E-state index contributed by atoms with van der Waals surface area (Å²) in [5, 5.41) is 0. The van der Waals surface area contributed by atoms with Crippen LogP contribution in [0.25, 0.3) is 0 Å². The van der Waals surface area contributed by atoms with Crippen molar-refractivity contribution in [2.75, 3.05) is 13.2 Å². The summed E-state index contributed by atoms with van der Waals surface area (Å²) >= 11 is 0. The van der Waals surface area contributed by atoms with E-state index in [0.29, 0.717) is 0 Å². The molecule has 0 aliphatic rings. The maximum absolute atomic E-state index is 9.78. The molecule has 6 nitrogen and oxygen atoms in total. The minimum absolute atomic E-state index is 0. The molecule has 2 N–H and O–H groups in total. The molecule has 0 aromatic heterocycles. The molecule has 0 heterocycles. The zero-order chi connectivity index (χ0) is 7.98. The van der Waals surface area contributed by atoms with Gasteiger partial charge in [-0.05, 0) is 0 Å². The van der Waals surface area contributed by atoms with Crippen molar-refractivity contribution in [3.8, 4) is 0 Å². The van der Waals surface area contributed by atoms with Crippen LogP contribution in [0.3, 0.4) is 0 Å². The molecule has 0 fully saturated rings. The average molecular weight is 247 g/mol. The molecule has 0 aromatic rings. The van der Waals surface area contributed by atoms with Crippen molar-refractivity contribution in [2.45, 2.75) is 0 Å². The smallest absolute Gasteiger partial charge is 0.133 e. The third kappa shape index (κ3) is 13.5. The molecule has 11 heavy (non-hydrogen) atoms. The molecule has 68 valence electrons. The van der Waals surface area contributed by atoms with E-state index in [1.165, 1.54) is 0 Å². The monoisotopic (exact) mass is 246 g/mol. The van der Waals surface area contributed by atoms with Crippen molar-refractivity contribution in [1.29, 1.82) is 0 Å². The Hall–Kier alpha value is 0.534. The van der Waals surface area contributed by atoms with E-state index in [-0.39, 0.29) is 29.7 Å². The molecule has 0 aliphatic carbocycles. The summed E-state index contributed by atoms with van der Waals surface area (Å²) in [6.07, 6.45) is 0. The maximum Gasteiger partial charge on any atom is 0.694 e. The molecule has 0 aromatic carbocycles. The average Bonchev–Trinajstić information content (AvgIpc) is 1.79. The van der Waals surface area contributed by atoms with Crippen LogP contribution in [0.2, 0.25) is 0 Å². The first-order chi connectivity index (χ1) is 4.63. The van der Waals surface area contributed by atoms with Crippen molar-refractivity contribution < 1.29 is 44.5 Å². The zero-order valence-corrected chi connectivity index (χ0v) is 7.93. The van der Waals surface area contributed by atoms with E-state index in [1.807, 2.05) is 0 Å². The molecule has 0 amide bonds. The van der Waals surface area contributed by atoms with E-state index in [4.69, 9.17) is 9.79 Å². The molecule has 0 bridgehead atoms. The zero-order valence-electron chi connectivity index (χ0n) is 5.15. The summed E-state index contributed by atoms with van der Waals surface area (Å²) in [7, 11) is -5.28. The summed E-state index contributed by atoms with van der Waals surface area (Å²) in [5.41, 5.74) is 0. The van der Waals surface area contributed by atoms with Crippen LogP contribution in [0.4, 0.5) is 0 Å². The van der Waals surface area contributed by atoms with Crippen LogP contribution in [-0.2, 0) is 34.7 Å². The molecule has 0 spiro atoms. The molecule has 2 unspecified atom stereocenters. The van der Waals surface area contributed by atoms with Crippen LogP contribution >= 0.6 is 16.5 Å². The number of rotatable bonds is 5. The quantitative estimate of drug-likeness (QED) is 0.412. The van der Waals surface area contributed by atoms with Crippen LogP contribution in [0.15, 0.2) is 0 Å². The molecule has 0 saturated carbocycles. The molecule has 9 heteroatoms. The summed E-state index contributed by atoms with van der Waals surface area (Å²) < 4.78 is 27.7. The van der Waals surface area contributed by atoms with Gasteiger partial charge in [-0.1, -0.05) is 0 Å². The van der Waals surface area contributed by atoms with E-state index in [2.05, 4.69) is 9.05 Å². The van der Waals surface area contributed by atoms with Crippen molar-refractivity contribution >= 4 is 16.5 Å². The minimum atomic E-state index is -2.64. The molecular weight excluding hydrogens is 241 g/mol. The summed E-state index contributed by atoms with van der Waals surface area (Å²) in [4.78, 5) is 16.0. The van der Waals surface area contributed by atoms with Gasteiger partial charge in [-0.3, -0.25) is 0 Å². The van der Waals surface area contributed by atoms with Crippen LogP contribution < -0.4 is 0 Å². The third-order valence-corrected chi connectivity index (χ3v) is 1.29. The Kier molecular flexibility index (Phi) is 11.0. The number of hydrogen-bond acceptors (Lipinski definition) is 4. The van der Waals surface area contributed by atoms with E-state index >= 15 is 0 Å². The van der Waals surface area contributed by atoms with Crippen molar-refractivity contribution in [3.05, 3.63) is 0 Å². The summed E-state index contributed by atoms with van der Waals surface area (Å²) in [6, 6.07) is 0. The van der Waals surface area contributed by atoms with Gasteiger partial charge in [0.2, 0.25) is 0 Å². The molecular formula is C2H6NiO6P2+2. The minimum Gasteiger partial charge on any atom is -0.133 e. The normalized spacial score (nSPS) is 11.8. The Labute approximate surface area is 74.7 Å². The Bertz CT molecular complexity index is 123. The van der Waals surface area contributed by atoms with E-state index < -0.39 is 16.5 Å². The fraction of sp³-hybridized carbons (Fsp3) is 1.00. The topological polar surface area (TPSA) is 93.1 Å². The Morgan fingerprint density at radius 1 is 1.00 bits per heavy atom. The predicted molar refractivity (Wildman–Crippen MR) is 31.6 cm³/mol. The second kappa shape index (κ2) is 8.63. The third-order valence-electron chi connectivity index (χ3n) is 0.487. The van der Waals surface area contributed by atoms with Crippen LogP contribution in [0.1, 0.15) is 0 Å². The van der Waals surface area contributed by atoms with Gasteiger partial charge < -0.3 is 0 Å². The van der Waals surface area contributed by atoms with Gasteiger partial charge >= 0.3 is 16.5 Å². The Balaban J connectivity index is 0. The Morgan fingerprint density at radius 2 is 1.27 bits per heavy atom. The van der Waals surface area contributed by atoms with E-state index in [9.17, 15) is 9.13 Å². The molecule has 2 atom stereocenters. The van der Waals surface area contributed by atoms with Crippen LogP contribution in [0, 0.1) is 0 Å². The second-order valence-corrected chi connectivity index (χ2v) is 2.61. The van der Waals surface area contributed by atoms with E-state index in [0.717, 1.165) is 0 Å². The van der Waals surface area contributed by atoms with Gasteiger partial charge in [-0.25, -0.2) is 0 Å². The molecule has 0 rings (SSSR count). The van der Waals surface area contributed by atoms with E-state index in [1.54, 1.807) is 0 Å². The summed E-state index contributed by atoms with van der Waals surface area (Å²) in [6.45, 7) is -0.347. The van der Waals surface area contributed by atoms with Gasteiger partial charge in [0.15, 0.2) is 0 Å². The van der Waals surface area contributed by atoms with Crippen LogP contribution in [-0.4, -0.2) is 23.0 Å². The van der Waals surface area contributed by atoms with Gasteiger partial charge in [0.25, 0.3) is 0 Å². The first-order valence-electron chi connectivity index (χ1n) is 2.21. The standard InChI is InChI=1S/C2H4O6P2.Ni/c3-9(4)7-1-2-8-10(5)6;/h1-2H2;/p+2. The summed E-state index contributed by atoms with van der Waals surface area (Å²) in [5.74, 6) is 0. The SMILES string of the molecule is O=[P+](O)OCCO[P+](=O)O.[Ni]. The molecule has 0 aliphatic heterocycles. The Morgan fingerprint density at radius 3 is 1.45 bits per heavy atom. The van der Waals surface area contributed by atoms with Crippen molar-refractivity contribution in [2.24, 2.45) is 0 Å². The van der Waals surface area contributed by atoms with Crippen molar-refractivity contribution in [3.63, 3.8) is 0 Å². The van der Waals surface area contributed by atoms with Crippen LogP contribution in [0.5, 0.6) is 0 Å². The van der Waals surface area contributed by atoms with Gasteiger partial charge in [0.1, 0.15) is 13.2 Å². The molecule has 0 saturated heterocycles.